The SMILES string of the molecule is CO[Si](CN(C[Si](OC)(OC)OC)C(C)N1CCN(C)CC1)(OC)OC. The van der Waals surface area contributed by atoms with Gasteiger partial charge < -0.3 is 31.5 Å². The van der Waals surface area contributed by atoms with Crippen molar-refractivity contribution < 1.29 is 26.6 Å². The van der Waals surface area contributed by atoms with Gasteiger partial charge in [-0.05, 0) is 14.0 Å². The largest absolute Gasteiger partial charge is 0.515 e. The first-order valence-electron chi connectivity index (χ1n) is 8.82. The number of nitrogens with zero attached hydrogens (tertiary/aromatic N) is 3. The molecule has 0 aromatic rings. The zero-order valence-electron chi connectivity index (χ0n) is 17.6. The Hall–Kier alpha value is 0.0738. The molecule has 1 fully saturated rings. The first-order chi connectivity index (χ1) is 12.3. The van der Waals surface area contributed by atoms with Crippen LogP contribution in [0.1, 0.15) is 6.92 Å². The van der Waals surface area contributed by atoms with E-state index in [0.717, 1.165) is 26.2 Å². The quantitative estimate of drug-likeness (QED) is 0.403. The molecule has 1 saturated heterocycles. The summed E-state index contributed by atoms with van der Waals surface area (Å²) in [6.45, 7) is 6.27. The van der Waals surface area contributed by atoms with Crippen LogP contribution in [-0.2, 0) is 26.6 Å². The molecular weight excluding hydrogens is 374 g/mol. The lowest BCUT2D eigenvalue weighted by Crippen LogP contribution is -2.65. The van der Waals surface area contributed by atoms with Crippen LogP contribution in [0.2, 0.25) is 0 Å². The van der Waals surface area contributed by atoms with Gasteiger partial charge >= 0.3 is 17.6 Å². The van der Waals surface area contributed by atoms with Crippen LogP contribution in [0.25, 0.3) is 0 Å². The molecule has 1 unspecified atom stereocenters. The third-order valence-electron chi connectivity index (χ3n) is 5.25. The van der Waals surface area contributed by atoms with Crippen LogP contribution in [0.3, 0.4) is 0 Å². The maximum absolute atomic E-state index is 5.66. The predicted octanol–water partition coefficient (Wildman–Crippen LogP) is -0.284. The Morgan fingerprint density at radius 1 is 0.731 bits per heavy atom. The summed E-state index contributed by atoms with van der Waals surface area (Å²) >= 11 is 0. The minimum atomic E-state index is -2.81. The van der Waals surface area contributed by atoms with Gasteiger partial charge in [0.15, 0.2) is 0 Å². The second-order valence-electron chi connectivity index (χ2n) is 6.47. The zero-order chi connectivity index (χ0) is 19.8. The van der Waals surface area contributed by atoms with Gasteiger partial charge in [0.2, 0.25) is 0 Å². The Labute approximate surface area is 160 Å². The summed E-state index contributed by atoms with van der Waals surface area (Å²) in [6.07, 6.45) is 1.19. The molecule has 1 atom stereocenters. The van der Waals surface area contributed by atoms with Gasteiger partial charge in [0.05, 0.1) is 18.5 Å². The van der Waals surface area contributed by atoms with Crippen LogP contribution in [0.15, 0.2) is 0 Å². The van der Waals surface area contributed by atoms with Crippen molar-refractivity contribution in [1.29, 1.82) is 0 Å². The van der Waals surface area contributed by atoms with E-state index in [-0.39, 0.29) is 6.17 Å². The minimum Gasteiger partial charge on any atom is -0.376 e. The smallest absolute Gasteiger partial charge is 0.376 e. The van der Waals surface area contributed by atoms with E-state index >= 15 is 0 Å². The Bertz CT molecular complexity index is 355. The monoisotopic (exact) mass is 411 g/mol. The number of rotatable bonds is 12. The molecule has 1 aliphatic heterocycles. The van der Waals surface area contributed by atoms with E-state index in [4.69, 9.17) is 26.6 Å². The Morgan fingerprint density at radius 2 is 1.08 bits per heavy atom. The summed E-state index contributed by atoms with van der Waals surface area (Å²) in [4.78, 5) is 7.03. The standard InChI is InChI=1S/C15H37N3O6Si2/c1-15(17-11-9-16(2)10-12-17)18(13-25(19-3,20-4)21-5)14-26(22-6,23-7)24-8/h15H,9-14H2,1-8H3. The second-order valence-corrected chi connectivity index (χ2v) is 12.3. The van der Waals surface area contributed by atoms with Crippen molar-refractivity contribution in [2.45, 2.75) is 13.1 Å². The average molecular weight is 412 g/mol. The van der Waals surface area contributed by atoms with Crippen molar-refractivity contribution >= 4 is 17.6 Å². The molecule has 26 heavy (non-hydrogen) atoms. The van der Waals surface area contributed by atoms with Crippen LogP contribution < -0.4 is 0 Å². The van der Waals surface area contributed by atoms with Gasteiger partial charge in [-0.1, -0.05) is 0 Å². The number of hydrogen-bond acceptors (Lipinski definition) is 9. The van der Waals surface area contributed by atoms with E-state index in [1.54, 1.807) is 42.7 Å². The zero-order valence-corrected chi connectivity index (χ0v) is 19.6. The van der Waals surface area contributed by atoms with E-state index in [1.165, 1.54) is 0 Å². The van der Waals surface area contributed by atoms with Crippen LogP contribution in [0.4, 0.5) is 0 Å². The van der Waals surface area contributed by atoms with E-state index in [1.807, 2.05) is 0 Å². The second kappa shape index (κ2) is 11.2. The molecule has 0 bridgehead atoms. The number of hydrogen-bond donors (Lipinski definition) is 0. The molecule has 1 heterocycles. The van der Waals surface area contributed by atoms with Crippen molar-refractivity contribution in [1.82, 2.24) is 14.7 Å². The lowest BCUT2D eigenvalue weighted by Gasteiger charge is -2.44. The highest BCUT2D eigenvalue weighted by Crippen LogP contribution is 2.19. The van der Waals surface area contributed by atoms with E-state index in [2.05, 4.69) is 28.7 Å². The van der Waals surface area contributed by atoms with Crippen molar-refractivity contribution in [3.05, 3.63) is 0 Å². The molecule has 9 nitrogen and oxygen atoms in total. The van der Waals surface area contributed by atoms with Gasteiger partial charge in [-0.15, -0.1) is 0 Å². The van der Waals surface area contributed by atoms with Gasteiger partial charge in [0.25, 0.3) is 0 Å². The van der Waals surface area contributed by atoms with Gasteiger partial charge in [0, 0.05) is 68.8 Å². The summed E-state index contributed by atoms with van der Waals surface area (Å²) in [5.41, 5.74) is 0. The topological polar surface area (TPSA) is 65.1 Å². The van der Waals surface area contributed by atoms with Gasteiger partial charge in [-0.2, -0.15) is 0 Å². The van der Waals surface area contributed by atoms with Crippen LogP contribution in [-0.4, -0.2) is 127 Å². The molecule has 0 saturated carbocycles. The normalized spacial score (nSPS) is 19.3. The molecule has 0 aliphatic carbocycles. The highest BCUT2D eigenvalue weighted by atomic mass is 28.4. The first-order valence-corrected chi connectivity index (χ1v) is 12.7. The summed E-state index contributed by atoms with van der Waals surface area (Å²) in [6, 6.07) is 0. The molecule has 1 rings (SSSR count). The molecule has 11 heteroatoms. The van der Waals surface area contributed by atoms with E-state index < -0.39 is 17.6 Å². The molecule has 0 aromatic heterocycles. The fourth-order valence-electron chi connectivity index (χ4n) is 3.13. The van der Waals surface area contributed by atoms with E-state index in [0.29, 0.717) is 12.3 Å². The fourth-order valence-corrected chi connectivity index (χ4v) is 6.88. The molecule has 0 amide bonds. The highest BCUT2D eigenvalue weighted by Gasteiger charge is 2.48. The molecular formula is C15H37N3O6Si2. The lowest BCUT2D eigenvalue weighted by molar-refractivity contribution is 0.00836. The Balaban J connectivity index is 3.03. The minimum absolute atomic E-state index is 0.142. The third-order valence-corrected chi connectivity index (χ3v) is 10.6. The Morgan fingerprint density at radius 3 is 1.38 bits per heavy atom. The maximum atomic E-state index is 5.66. The van der Waals surface area contributed by atoms with Crippen molar-refractivity contribution in [3.8, 4) is 0 Å². The van der Waals surface area contributed by atoms with Crippen molar-refractivity contribution in [3.63, 3.8) is 0 Å². The lowest BCUT2D eigenvalue weighted by atomic mass is 10.3. The van der Waals surface area contributed by atoms with E-state index in [9.17, 15) is 0 Å². The van der Waals surface area contributed by atoms with Gasteiger partial charge in [-0.3, -0.25) is 9.80 Å². The average Bonchev–Trinajstić information content (AvgIpc) is 2.69. The molecule has 0 spiro atoms. The van der Waals surface area contributed by atoms with Crippen molar-refractivity contribution in [2.24, 2.45) is 0 Å². The molecule has 0 radical (unpaired) electrons. The van der Waals surface area contributed by atoms with Crippen LogP contribution in [0.5, 0.6) is 0 Å². The molecule has 0 N–H and O–H groups in total. The molecule has 156 valence electrons. The van der Waals surface area contributed by atoms with Gasteiger partial charge in [-0.25, -0.2) is 0 Å². The summed E-state index contributed by atoms with van der Waals surface area (Å²) < 4.78 is 33.9. The van der Waals surface area contributed by atoms with Crippen LogP contribution >= 0.6 is 0 Å². The fraction of sp³-hybridized carbons (Fsp3) is 1.00. The third kappa shape index (κ3) is 6.04. The first kappa shape index (κ1) is 24.1. The summed E-state index contributed by atoms with van der Waals surface area (Å²) in [5, 5.41) is 0. The van der Waals surface area contributed by atoms with Gasteiger partial charge in [0.1, 0.15) is 0 Å². The van der Waals surface area contributed by atoms with Crippen molar-refractivity contribution in [2.75, 3.05) is 88.2 Å². The maximum Gasteiger partial charge on any atom is 0.515 e. The Kier molecular flexibility index (Phi) is 10.4. The molecule has 1 aliphatic rings. The number of likely N-dealkylation sites (N-methyl/N-ethyl adjacent to an activating group) is 1. The summed E-state index contributed by atoms with van der Waals surface area (Å²) in [5.74, 6) is 0. The molecule has 0 aromatic carbocycles. The predicted molar refractivity (Wildman–Crippen MR) is 104 cm³/mol. The van der Waals surface area contributed by atoms with Crippen LogP contribution in [0, 0.1) is 0 Å². The highest BCUT2D eigenvalue weighted by molar-refractivity contribution is 6.62. The number of piperazine rings is 1. The summed E-state index contributed by atoms with van der Waals surface area (Å²) in [7, 11) is 6.31.